The molecule has 0 aliphatic carbocycles. The Kier molecular flexibility index (Phi) is 3.26. The molecule has 0 heterocycles. The number of hydrogen-bond donors (Lipinski definition) is 1. The first kappa shape index (κ1) is 11.9. The molecule has 0 aliphatic rings. The standard InChI is InChI=1S/C10H13NO3S/c1-7(11)10(12)8-5-3-4-6-9(8)15(2,13)14/h3-7H,11H2,1-2H3. The number of Topliss-reactive ketones (excluding diaryl/α,β-unsaturated/α-hetero) is 1. The first-order chi connectivity index (χ1) is 6.84. The average Bonchev–Trinajstić information content (AvgIpc) is 2.15. The van der Waals surface area contributed by atoms with Gasteiger partial charge in [0.2, 0.25) is 0 Å². The summed E-state index contributed by atoms with van der Waals surface area (Å²) in [4.78, 5) is 11.7. The smallest absolute Gasteiger partial charge is 0.180 e. The fourth-order valence-electron chi connectivity index (χ4n) is 1.24. The van der Waals surface area contributed by atoms with E-state index in [2.05, 4.69) is 0 Å². The van der Waals surface area contributed by atoms with Gasteiger partial charge in [0.05, 0.1) is 10.9 Å². The molecule has 0 fully saturated rings. The molecule has 1 aromatic carbocycles. The molecule has 0 amide bonds. The Morgan fingerprint density at radius 1 is 1.33 bits per heavy atom. The molecule has 5 heteroatoms. The molecule has 4 nitrogen and oxygen atoms in total. The quantitative estimate of drug-likeness (QED) is 0.768. The zero-order chi connectivity index (χ0) is 11.6. The number of ketones is 1. The van der Waals surface area contributed by atoms with Gasteiger partial charge in [0.15, 0.2) is 15.6 Å². The van der Waals surface area contributed by atoms with Crippen LogP contribution in [0.4, 0.5) is 0 Å². The molecule has 0 aromatic heterocycles. The molecule has 1 aromatic rings. The van der Waals surface area contributed by atoms with Crippen LogP contribution in [0.2, 0.25) is 0 Å². The van der Waals surface area contributed by atoms with Crippen molar-refractivity contribution < 1.29 is 13.2 Å². The maximum absolute atomic E-state index is 11.6. The summed E-state index contributed by atoms with van der Waals surface area (Å²) in [5.41, 5.74) is 5.60. The van der Waals surface area contributed by atoms with Crippen LogP contribution in [0.1, 0.15) is 17.3 Å². The largest absolute Gasteiger partial charge is 0.321 e. The summed E-state index contributed by atoms with van der Waals surface area (Å²) in [6.07, 6.45) is 1.07. The number of hydrogen-bond acceptors (Lipinski definition) is 4. The van der Waals surface area contributed by atoms with Gasteiger partial charge in [0.1, 0.15) is 0 Å². The lowest BCUT2D eigenvalue weighted by Gasteiger charge is -2.08. The van der Waals surface area contributed by atoms with Gasteiger partial charge in [-0.3, -0.25) is 4.79 Å². The van der Waals surface area contributed by atoms with Crippen LogP contribution in [0.3, 0.4) is 0 Å². The molecule has 0 bridgehead atoms. The van der Waals surface area contributed by atoms with Gasteiger partial charge in [0.25, 0.3) is 0 Å². The number of benzene rings is 1. The summed E-state index contributed by atoms with van der Waals surface area (Å²) in [5.74, 6) is -0.365. The summed E-state index contributed by atoms with van der Waals surface area (Å²) in [7, 11) is -3.39. The zero-order valence-electron chi connectivity index (χ0n) is 8.60. The molecule has 2 N–H and O–H groups in total. The molecule has 0 saturated carbocycles. The monoisotopic (exact) mass is 227 g/mol. The first-order valence-electron chi connectivity index (χ1n) is 4.43. The van der Waals surface area contributed by atoms with Crippen LogP contribution in [0.15, 0.2) is 29.2 Å². The van der Waals surface area contributed by atoms with Gasteiger partial charge in [-0.15, -0.1) is 0 Å². The van der Waals surface area contributed by atoms with Crippen LogP contribution in [-0.2, 0) is 9.84 Å². The molecule has 82 valence electrons. The second-order valence-corrected chi connectivity index (χ2v) is 5.41. The number of carbonyl (C=O) groups is 1. The van der Waals surface area contributed by atoms with Gasteiger partial charge in [-0.25, -0.2) is 8.42 Å². The van der Waals surface area contributed by atoms with Crippen molar-refractivity contribution in [3.05, 3.63) is 29.8 Å². The highest BCUT2D eigenvalue weighted by molar-refractivity contribution is 7.90. The zero-order valence-corrected chi connectivity index (χ0v) is 9.41. The number of carbonyl (C=O) groups excluding carboxylic acids is 1. The van der Waals surface area contributed by atoms with Crippen molar-refractivity contribution in [3.63, 3.8) is 0 Å². The minimum absolute atomic E-state index is 0.0345. The van der Waals surface area contributed by atoms with Crippen molar-refractivity contribution in [2.75, 3.05) is 6.26 Å². The molecule has 0 radical (unpaired) electrons. The van der Waals surface area contributed by atoms with E-state index < -0.39 is 15.9 Å². The third kappa shape index (κ3) is 2.64. The lowest BCUT2D eigenvalue weighted by molar-refractivity contribution is 0.0964. The predicted molar refractivity (Wildman–Crippen MR) is 57.5 cm³/mol. The van der Waals surface area contributed by atoms with Crippen molar-refractivity contribution in [1.29, 1.82) is 0 Å². The molecular formula is C10H13NO3S. The van der Waals surface area contributed by atoms with E-state index in [9.17, 15) is 13.2 Å². The van der Waals surface area contributed by atoms with E-state index in [-0.39, 0.29) is 16.2 Å². The van der Waals surface area contributed by atoms with Crippen LogP contribution in [0, 0.1) is 0 Å². The second kappa shape index (κ2) is 4.12. The molecule has 0 aliphatic heterocycles. The molecule has 15 heavy (non-hydrogen) atoms. The van der Waals surface area contributed by atoms with Gasteiger partial charge in [-0.05, 0) is 13.0 Å². The van der Waals surface area contributed by atoms with Crippen LogP contribution < -0.4 is 5.73 Å². The summed E-state index contributed by atoms with van der Waals surface area (Å²) < 4.78 is 22.8. The number of rotatable bonds is 3. The molecule has 1 rings (SSSR count). The van der Waals surface area contributed by atoms with E-state index in [1.54, 1.807) is 12.1 Å². The predicted octanol–water partition coefficient (Wildman–Crippen LogP) is 0.620. The number of sulfone groups is 1. The van der Waals surface area contributed by atoms with E-state index in [1.807, 2.05) is 0 Å². The van der Waals surface area contributed by atoms with Crippen LogP contribution in [0.5, 0.6) is 0 Å². The van der Waals surface area contributed by atoms with E-state index >= 15 is 0 Å². The van der Waals surface area contributed by atoms with E-state index in [4.69, 9.17) is 5.73 Å². The highest BCUT2D eigenvalue weighted by atomic mass is 32.2. The topological polar surface area (TPSA) is 77.2 Å². The molecule has 1 unspecified atom stereocenters. The summed E-state index contributed by atoms with van der Waals surface area (Å²) in [6.45, 7) is 1.53. The van der Waals surface area contributed by atoms with Crippen molar-refractivity contribution in [2.24, 2.45) is 5.73 Å². The van der Waals surface area contributed by atoms with Crippen LogP contribution >= 0.6 is 0 Å². The van der Waals surface area contributed by atoms with E-state index in [0.717, 1.165) is 6.26 Å². The first-order valence-corrected chi connectivity index (χ1v) is 6.32. The fourth-order valence-corrected chi connectivity index (χ4v) is 2.13. The van der Waals surface area contributed by atoms with Gasteiger partial charge in [-0.1, -0.05) is 18.2 Å². The van der Waals surface area contributed by atoms with Crippen molar-refractivity contribution in [2.45, 2.75) is 17.9 Å². The van der Waals surface area contributed by atoms with E-state index in [0.29, 0.717) is 0 Å². The highest BCUT2D eigenvalue weighted by Gasteiger charge is 2.19. The fraction of sp³-hybridized carbons (Fsp3) is 0.300. The summed E-state index contributed by atoms with van der Waals surface area (Å²) >= 11 is 0. The summed E-state index contributed by atoms with van der Waals surface area (Å²) in [5, 5.41) is 0. The molecule has 0 spiro atoms. The van der Waals surface area contributed by atoms with Crippen molar-refractivity contribution in [3.8, 4) is 0 Å². The maximum Gasteiger partial charge on any atom is 0.180 e. The Hall–Kier alpha value is -1.20. The summed E-state index contributed by atoms with van der Waals surface area (Å²) in [6, 6.07) is 5.37. The minimum atomic E-state index is -3.39. The van der Waals surface area contributed by atoms with Gasteiger partial charge in [-0.2, -0.15) is 0 Å². The van der Waals surface area contributed by atoms with Crippen LogP contribution in [0.25, 0.3) is 0 Å². The Bertz CT molecular complexity index is 477. The van der Waals surface area contributed by atoms with Crippen molar-refractivity contribution >= 4 is 15.6 Å². The number of nitrogens with two attached hydrogens (primary N) is 1. The Morgan fingerprint density at radius 3 is 2.33 bits per heavy atom. The normalized spacial score (nSPS) is 13.5. The maximum atomic E-state index is 11.6. The third-order valence-corrected chi connectivity index (χ3v) is 3.12. The Labute approximate surface area is 89.0 Å². The lowest BCUT2D eigenvalue weighted by Crippen LogP contribution is -2.27. The minimum Gasteiger partial charge on any atom is -0.321 e. The average molecular weight is 227 g/mol. The third-order valence-electron chi connectivity index (χ3n) is 1.97. The molecular weight excluding hydrogens is 214 g/mol. The van der Waals surface area contributed by atoms with E-state index in [1.165, 1.54) is 19.1 Å². The van der Waals surface area contributed by atoms with Crippen LogP contribution in [-0.4, -0.2) is 26.5 Å². The molecule has 0 saturated heterocycles. The molecule has 1 atom stereocenters. The SMILES string of the molecule is CC(N)C(=O)c1ccccc1S(C)(=O)=O. The van der Waals surface area contributed by atoms with Gasteiger partial charge in [0, 0.05) is 11.8 Å². The van der Waals surface area contributed by atoms with Crippen molar-refractivity contribution in [1.82, 2.24) is 0 Å². The lowest BCUT2D eigenvalue weighted by atomic mass is 10.1. The Morgan fingerprint density at radius 2 is 1.87 bits per heavy atom. The van der Waals surface area contributed by atoms with Gasteiger partial charge >= 0.3 is 0 Å². The van der Waals surface area contributed by atoms with Gasteiger partial charge < -0.3 is 5.73 Å². The highest BCUT2D eigenvalue weighted by Crippen LogP contribution is 2.16. The Balaban J connectivity index is 3.38. The second-order valence-electron chi connectivity index (χ2n) is 3.42.